The van der Waals surface area contributed by atoms with Gasteiger partial charge in [-0.1, -0.05) is 11.6 Å². The molecule has 90 valence electrons. The molecule has 2 rings (SSSR count). The summed E-state index contributed by atoms with van der Waals surface area (Å²) < 4.78 is 13.6. The Bertz CT molecular complexity index is 526. The highest BCUT2D eigenvalue weighted by atomic mass is 35.5. The van der Waals surface area contributed by atoms with E-state index in [2.05, 4.69) is 10.2 Å². The molecule has 0 aliphatic carbocycles. The summed E-state index contributed by atoms with van der Waals surface area (Å²) in [5.74, 6) is 0.101. The first-order valence-electron chi connectivity index (χ1n) is 5.02. The van der Waals surface area contributed by atoms with Gasteiger partial charge in [0.1, 0.15) is 11.6 Å². The van der Waals surface area contributed by atoms with E-state index in [4.69, 9.17) is 17.3 Å². The van der Waals surface area contributed by atoms with Gasteiger partial charge in [0.15, 0.2) is 0 Å². The van der Waals surface area contributed by atoms with Crippen LogP contribution < -0.4 is 10.6 Å². The molecule has 0 aliphatic rings. The number of H-pyrrole nitrogens is 1. The number of hydrogen-bond donors (Lipinski definition) is 2. The van der Waals surface area contributed by atoms with E-state index in [-0.39, 0.29) is 5.82 Å². The van der Waals surface area contributed by atoms with Crippen LogP contribution in [0, 0.1) is 5.82 Å². The van der Waals surface area contributed by atoms with E-state index in [1.165, 1.54) is 12.1 Å². The Hall–Kier alpha value is -1.75. The van der Waals surface area contributed by atoms with Gasteiger partial charge >= 0.3 is 0 Å². The van der Waals surface area contributed by atoms with Crippen molar-refractivity contribution in [2.75, 3.05) is 17.7 Å². The van der Waals surface area contributed by atoms with Gasteiger partial charge in [-0.2, -0.15) is 5.10 Å². The van der Waals surface area contributed by atoms with E-state index < -0.39 is 0 Å². The second-order valence-corrected chi connectivity index (χ2v) is 4.21. The highest BCUT2D eigenvalue weighted by molar-refractivity contribution is 6.30. The minimum Gasteiger partial charge on any atom is -0.382 e. The molecule has 1 aromatic carbocycles. The van der Waals surface area contributed by atoms with Crippen molar-refractivity contribution in [1.29, 1.82) is 0 Å². The van der Waals surface area contributed by atoms with Crippen molar-refractivity contribution < 1.29 is 4.39 Å². The summed E-state index contributed by atoms with van der Waals surface area (Å²) >= 11 is 5.83. The number of nitrogens with two attached hydrogens (primary N) is 1. The molecule has 0 aliphatic heterocycles. The monoisotopic (exact) mass is 254 g/mol. The largest absolute Gasteiger partial charge is 0.382 e. The van der Waals surface area contributed by atoms with E-state index in [0.29, 0.717) is 23.1 Å². The van der Waals surface area contributed by atoms with Crippen LogP contribution in [0.15, 0.2) is 24.3 Å². The van der Waals surface area contributed by atoms with Crippen LogP contribution in [0.1, 0.15) is 5.69 Å². The summed E-state index contributed by atoms with van der Waals surface area (Å²) in [5.41, 5.74) is 6.74. The first-order chi connectivity index (χ1) is 8.06. The van der Waals surface area contributed by atoms with Gasteiger partial charge in [-0.3, -0.25) is 5.10 Å². The molecule has 0 atom stereocenters. The molecule has 0 radical (unpaired) electrons. The predicted octanol–water partition coefficient (Wildman–Crippen LogP) is 2.42. The van der Waals surface area contributed by atoms with Crippen molar-refractivity contribution >= 4 is 23.1 Å². The quantitative estimate of drug-likeness (QED) is 0.884. The fraction of sp³-hybridized carbons (Fsp3) is 0.182. The lowest BCUT2D eigenvalue weighted by molar-refractivity contribution is 0.621. The third-order valence-electron chi connectivity index (χ3n) is 2.38. The molecule has 1 aromatic heterocycles. The number of halogens is 2. The Morgan fingerprint density at radius 2 is 2.24 bits per heavy atom. The van der Waals surface area contributed by atoms with Crippen molar-refractivity contribution in [3.05, 3.63) is 40.8 Å². The Morgan fingerprint density at radius 3 is 2.88 bits per heavy atom. The van der Waals surface area contributed by atoms with Gasteiger partial charge in [0.05, 0.1) is 17.9 Å². The molecule has 0 saturated carbocycles. The van der Waals surface area contributed by atoms with E-state index in [9.17, 15) is 4.39 Å². The van der Waals surface area contributed by atoms with Crippen LogP contribution in [0.25, 0.3) is 0 Å². The van der Waals surface area contributed by atoms with Crippen molar-refractivity contribution in [3.8, 4) is 0 Å². The van der Waals surface area contributed by atoms with Crippen LogP contribution in [-0.4, -0.2) is 17.2 Å². The standard InChI is InChI=1S/C11H12ClFN4/c1-17(6-8-5-11(14)16-15-8)10-4-7(12)2-3-9(10)13/h2-5H,6H2,1H3,(H3,14,15,16). The smallest absolute Gasteiger partial charge is 0.146 e. The van der Waals surface area contributed by atoms with Crippen LogP contribution in [-0.2, 0) is 6.54 Å². The maximum atomic E-state index is 13.6. The summed E-state index contributed by atoms with van der Waals surface area (Å²) in [6, 6.07) is 6.15. The van der Waals surface area contributed by atoms with Gasteiger partial charge in [-0.15, -0.1) is 0 Å². The van der Waals surface area contributed by atoms with Gasteiger partial charge in [0.2, 0.25) is 0 Å². The number of aromatic nitrogens is 2. The van der Waals surface area contributed by atoms with Crippen LogP contribution in [0.4, 0.5) is 15.9 Å². The van der Waals surface area contributed by atoms with E-state index in [1.54, 1.807) is 24.1 Å². The van der Waals surface area contributed by atoms with Gasteiger partial charge in [0.25, 0.3) is 0 Å². The minimum absolute atomic E-state index is 0.315. The Morgan fingerprint density at radius 1 is 1.47 bits per heavy atom. The van der Waals surface area contributed by atoms with Gasteiger partial charge in [-0.25, -0.2) is 4.39 Å². The molecule has 0 amide bonds. The third kappa shape index (κ3) is 2.68. The topological polar surface area (TPSA) is 57.9 Å². The average molecular weight is 255 g/mol. The lowest BCUT2D eigenvalue weighted by Crippen LogP contribution is -2.17. The molecule has 1 heterocycles. The Labute approximate surface area is 103 Å². The second-order valence-electron chi connectivity index (χ2n) is 3.77. The molecule has 0 spiro atoms. The highest BCUT2D eigenvalue weighted by Crippen LogP contribution is 2.23. The summed E-state index contributed by atoms with van der Waals surface area (Å²) in [4.78, 5) is 1.73. The SMILES string of the molecule is CN(Cc1cc(N)n[nH]1)c1cc(Cl)ccc1F. The zero-order valence-corrected chi connectivity index (χ0v) is 10.0. The molecule has 4 nitrogen and oxygen atoms in total. The molecule has 0 unspecified atom stereocenters. The molecule has 17 heavy (non-hydrogen) atoms. The number of benzene rings is 1. The second kappa shape index (κ2) is 4.63. The zero-order valence-electron chi connectivity index (χ0n) is 9.24. The molecule has 0 bridgehead atoms. The number of nitrogen functional groups attached to an aromatic ring is 1. The number of nitrogens with zero attached hydrogens (tertiary/aromatic N) is 2. The molecule has 0 saturated heterocycles. The first-order valence-corrected chi connectivity index (χ1v) is 5.40. The zero-order chi connectivity index (χ0) is 12.4. The fourth-order valence-corrected chi connectivity index (χ4v) is 1.75. The van der Waals surface area contributed by atoms with E-state index in [1.807, 2.05) is 0 Å². The van der Waals surface area contributed by atoms with E-state index >= 15 is 0 Å². The van der Waals surface area contributed by atoms with E-state index in [0.717, 1.165) is 5.69 Å². The molecular formula is C11H12ClFN4. The molecule has 0 fully saturated rings. The Kier molecular flexibility index (Phi) is 3.19. The normalized spacial score (nSPS) is 10.5. The maximum Gasteiger partial charge on any atom is 0.146 e. The molecule has 3 N–H and O–H groups in total. The summed E-state index contributed by atoms with van der Waals surface area (Å²) in [7, 11) is 1.77. The van der Waals surface area contributed by atoms with Crippen molar-refractivity contribution in [2.45, 2.75) is 6.54 Å². The summed E-state index contributed by atoms with van der Waals surface area (Å²) in [6.45, 7) is 0.474. The third-order valence-corrected chi connectivity index (χ3v) is 2.61. The molecule has 6 heteroatoms. The van der Waals surface area contributed by atoms with Gasteiger partial charge < -0.3 is 10.6 Å². The highest BCUT2D eigenvalue weighted by Gasteiger charge is 2.09. The van der Waals surface area contributed by atoms with Gasteiger partial charge in [0, 0.05) is 18.1 Å². The first kappa shape index (κ1) is 11.7. The van der Waals surface area contributed by atoms with Crippen molar-refractivity contribution in [3.63, 3.8) is 0 Å². The van der Waals surface area contributed by atoms with Gasteiger partial charge in [-0.05, 0) is 18.2 Å². The fourth-order valence-electron chi connectivity index (χ4n) is 1.58. The molecular weight excluding hydrogens is 243 g/mol. The maximum absolute atomic E-state index is 13.6. The number of rotatable bonds is 3. The minimum atomic E-state index is -0.315. The van der Waals surface area contributed by atoms with Crippen molar-refractivity contribution in [1.82, 2.24) is 10.2 Å². The van der Waals surface area contributed by atoms with Crippen LogP contribution in [0.3, 0.4) is 0 Å². The van der Waals surface area contributed by atoms with Crippen LogP contribution >= 0.6 is 11.6 Å². The van der Waals surface area contributed by atoms with Crippen LogP contribution in [0.5, 0.6) is 0 Å². The summed E-state index contributed by atoms with van der Waals surface area (Å²) in [6.07, 6.45) is 0. The summed E-state index contributed by atoms with van der Waals surface area (Å²) in [5, 5.41) is 7.08. The van der Waals surface area contributed by atoms with Crippen LogP contribution in [0.2, 0.25) is 5.02 Å². The number of anilines is 2. The Balaban J connectivity index is 2.19. The predicted molar refractivity (Wildman–Crippen MR) is 66.5 cm³/mol. The lowest BCUT2D eigenvalue weighted by atomic mass is 10.2. The number of nitrogens with one attached hydrogen (secondary N) is 1. The van der Waals surface area contributed by atoms with Crippen molar-refractivity contribution in [2.24, 2.45) is 0 Å². The number of hydrogen-bond acceptors (Lipinski definition) is 3. The number of aromatic amines is 1. The lowest BCUT2D eigenvalue weighted by Gasteiger charge is -2.19. The average Bonchev–Trinajstić information content (AvgIpc) is 2.67. The molecule has 2 aromatic rings.